The lowest BCUT2D eigenvalue weighted by atomic mass is 9.96. The van der Waals surface area contributed by atoms with Crippen molar-refractivity contribution in [1.29, 1.82) is 0 Å². The van der Waals surface area contributed by atoms with Crippen LogP contribution in [0.5, 0.6) is 0 Å². The van der Waals surface area contributed by atoms with Crippen LogP contribution in [-0.4, -0.2) is 22.2 Å². The number of aryl methyl sites for hydroxylation is 2. The van der Waals surface area contributed by atoms with Gasteiger partial charge in [-0.3, -0.25) is 0 Å². The summed E-state index contributed by atoms with van der Waals surface area (Å²) in [5.74, 6) is -2.40. The highest BCUT2D eigenvalue weighted by atomic mass is 16.4. The minimum absolute atomic E-state index is 0.0990. The van der Waals surface area contributed by atoms with Crippen LogP contribution in [0.15, 0.2) is 48.5 Å². The van der Waals surface area contributed by atoms with Gasteiger partial charge in [-0.2, -0.15) is 0 Å². The zero-order valence-corrected chi connectivity index (χ0v) is 11.5. The molecule has 4 nitrogen and oxygen atoms in total. The fraction of sp³-hybridized carbons (Fsp3) is 0.176. The van der Waals surface area contributed by atoms with Crippen LogP contribution >= 0.6 is 0 Å². The highest BCUT2D eigenvalue weighted by Crippen LogP contribution is 2.18. The fourth-order valence-corrected chi connectivity index (χ4v) is 2.37. The summed E-state index contributed by atoms with van der Waals surface area (Å²) in [4.78, 5) is 22.4. The van der Waals surface area contributed by atoms with Crippen LogP contribution in [0, 0.1) is 0 Å². The second-order valence-corrected chi connectivity index (χ2v) is 4.79. The number of rotatable bonds is 6. The Morgan fingerprint density at radius 1 is 0.810 bits per heavy atom. The second kappa shape index (κ2) is 6.70. The van der Waals surface area contributed by atoms with Crippen LogP contribution in [0.3, 0.4) is 0 Å². The van der Waals surface area contributed by atoms with Gasteiger partial charge in [0.05, 0.1) is 11.1 Å². The first-order valence-electron chi connectivity index (χ1n) is 6.72. The molecule has 0 aromatic heterocycles. The quantitative estimate of drug-likeness (QED) is 0.853. The van der Waals surface area contributed by atoms with Gasteiger partial charge in [0.1, 0.15) is 0 Å². The third-order valence-corrected chi connectivity index (χ3v) is 3.35. The maximum absolute atomic E-state index is 11.3. The molecule has 2 N–H and O–H groups in total. The molecule has 108 valence electrons. The van der Waals surface area contributed by atoms with Gasteiger partial charge >= 0.3 is 11.9 Å². The standard InChI is InChI=1S/C17H16O4/c18-16(19)14-11-5-10-13(15(14)17(20)21)9-4-8-12-6-2-1-3-7-12/h1-3,5-7,10-11H,4,8-9H2,(H,18,19)(H,20,21). The third kappa shape index (κ3) is 3.69. The Bertz CT molecular complexity index is 647. The summed E-state index contributed by atoms with van der Waals surface area (Å²) in [6, 6.07) is 14.5. The molecule has 0 aliphatic rings. The summed E-state index contributed by atoms with van der Waals surface area (Å²) in [6.07, 6.45) is 2.14. The van der Waals surface area contributed by atoms with E-state index < -0.39 is 11.9 Å². The van der Waals surface area contributed by atoms with E-state index in [0.717, 1.165) is 12.8 Å². The van der Waals surface area contributed by atoms with E-state index in [-0.39, 0.29) is 11.1 Å². The average molecular weight is 284 g/mol. The van der Waals surface area contributed by atoms with E-state index in [1.807, 2.05) is 30.3 Å². The summed E-state index contributed by atoms with van der Waals surface area (Å²) in [5, 5.41) is 18.3. The lowest BCUT2D eigenvalue weighted by Gasteiger charge is -2.09. The zero-order chi connectivity index (χ0) is 15.2. The summed E-state index contributed by atoms with van der Waals surface area (Å²) >= 11 is 0. The van der Waals surface area contributed by atoms with Gasteiger partial charge in [-0.05, 0) is 36.5 Å². The predicted octanol–water partition coefficient (Wildman–Crippen LogP) is 3.26. The second-order valence-electron chi connectivity index (χ2n) is 4.79. The first-order chi connectivity index (χ1) is 10.1. The summed E-state index contributed by atoms with van der Waals surface area (Å²) in [7, 11) is 0. The highest BCUT2D eigenvalue weighted by molar-refractivity contribution is 6.02. The highest BCUT2D eigenvalue weighted by Gasteiger charge is 2.19. The van der Waals surface area contributed by atoms with Crippen molar-refractivity contribution in [3.8, 4) is 0 Å². The molecule has 0 aliphatic carbocycles. The van der Waals surface area contributed by atoms with Crippen molar-refractivity contribution in [3.63, 3.8) is 0 Å². The number of carboxylic acids is 2. The van der Waals surface area contributed by atoms with Crippen LogP contribution in [0.25, 0.3) is 0 Å². The van der Waals surface area contributed by atoms with Gasteiger partial charge in [0.15, 0.2) is 0 Å². The number of aromatic carboxylic acids is 2. The smallest absolute Gasteiger partial charge is 0.336 e. The van der Waals surface area contributed by atoms with Crippen molar-refractivity contribution in [2.75, 3.05) is 0 Å². The van der Waals surface area contributed by atoms with Crippen LogP contribution in [0.1, 0.15) is 38.3 Å². The van der Waals surface area contributed by atoms with Crippen LogP contribution in [-0.2, 0) is 12.8 Å². The molecule has 21 heavy (non-hydrogen) atoms. The van der Waals surface area contributed by atoms with Gasteiger partial charge in [-0.15, -0.1) is 0 Å². The van der Waals surface area contributed by atoms with Crippen LogP contribution in [0.2, 0.25) is 0 Å². The number of carbonyl (C=O) groups is 2. The summed E-state index contributed by atoms with van der Waals surface area (Å²) in [6.45, 7) is 0. The maximum atomic E-state index is 11.3. The van der Waals surface area contributed by atoms with E-state index in [9.17, 15) is 14.7 Å². The average Bonchev–Trinajstić information content (AvgIpc) is 2.47. The Hall–Kier alpha value is -2.62. The number of benzene rings is 2. The molecule has 2 aromatic carbocycles. The molecule has 2 rings (SSSR count). The molecule has 0 bridgehead atoms. The first kappa shape index (κ1) is 14.8. The van der Waals surface area contributed by atoms with Crippen LogP contribution in [0.4, 0.5) is 0 Å². The minimum Gasteiger partial charge on any atom is -0.478 e. The molecule has 0 aliphatic heterocycles. The van der Waals surface area contributed by atoms with E-state index in [4.69, 9.17) is 5.11 Å². The maximum Gasteiger partial charge on any atom is 0.336 e. The molecular formula is C17H16O4. The van der Waals surface area contributed by atoms with Gasteiger partial charge in [-0.1, -0.05) is 42.5 Å². The topological polar surface area (TPSA) is 74.6 Å². The van der Waals surface area contributed by atoms with Crippen molar-refractivity contribution in [3.05, 3.63) is 70.8 Å². The number of hydrogen-bond acceptors (Lipinski definition) is 2. The molecule has 4 heteroatoms. The largest absolute Gasteiger partial charge is 0.478 e. The van der Waals surface area contributed by atoms with E-state index >= 15 is 0 Å². The van der Waals surface area contributed by atoms with E-state index in [2.05, 4.69) is 0 Å². The Kier molecular flexibility index (Phi) is 4.72. The molecule has 0 saturated carbocycles. The predicted molar refractivity (Wildman–Crippen MR) is 78.8 cm³/mol. The fourth-order valence-electron chi connectivity index (χ4n) is 2.37. The molecule has 0 spiro atoms. The molecule has 0 atom stereocenters. The van der Waals surface area contributed by atoms with Crippen molar-refractivity contribution in [2.45, 2.75) is 19.3 Å². The molecule has 0 saturated heterocycles. The van der Waals surface area contributed by atoms with Crippen LogP contribution < -0.4 is 0 Å². The van der Waals surface area contributed by atoms with Crippen molar-refractivity contribution in [1.82, 2.24) is 0 Å². The first-order valence-corrected chi connectivity index (χ1v) is 6.72. The third-order valence-electron chi connectivity index (χ3n) is 3.35. The Labute approximate surface area is 122 Å². The molecule has 2 aromatic rings. The summed E-state index contributed by atoms with van der Waals surface area (Å²) < 4.78 is 0. The molecule has 0 amide bonds. The number of carboxylic acid groups (broad SMARTS) is 2. The lowest BCUT2D eigenvalue weighted by molar-refractivity contribution is 0.0650. The minimum atomic E-state index is -1.21. The van der Waals surface area contributed by atoms with E-state index in [1.54, 1.807) is 12.1 Å². The van der Waals surface area contributed by atoms with Crippen molar-refractivity contribution < 1.29 is 19.8 Å². The summed E-state index contributed by atoms with van der Waals surface area (Å²) in [5.41, 5.74) is 1.50. The van der Waals surface area contributed by atoms with Crippen molar-refractivity contribution in [2.24, 2.45) is 0 Å². The van der Waals surface area contributed by atoms with Crippen molar-refractivity contribution >= 4 is 11.9 Å². The van der Waals surface area contributed by atoms with Gasteiger partial charge < -0.3 is 10.2 Å². The van der Waals surface area contributed by atoms with Gasteiger partial charge in [0, 0.05) is 0 Å². The number of hydrogen-bond donors (Lipinski definition) is 2. The Morgan fingerprint density at radius 2 is 1.52 bits per heavy atom. The lowest BCUT2D eigenvalue weighted by Crippen LogP contribution is -2.11. The Balaban J connectivity index is 2.14. The Morgan fingerprint density at radius 3 is 2.14 bits per heavy atom. The molecular weight excluding hydrogens is 268 g/mol. The molecule has 0 fully saturated rings. The zero-order valence-electron chi connectivity index (χ0n) is 11.5. The van der Waals surface area contributed by atoms with E-state index in [0.29, 0.717) is 12.0 Å². The molecule has 0 heterocycles. The van der Waals surface area contributed by atoms with Gasteiger partial charge in [-0.25, -0.2) is 9.59 Å². The van der Waals surface area contributed by atoms with Gasteiger partial charge in [0.2, 0.25) is 0 Å². The molecule has 0 unspecified atom stereocenters. The van der Waals surface area contributed by atoms with Gasteiger partial charge in [0.25, 0.3) is 0 Å². The van der Waals surface area contributed by atoms with E-state index in [1.165, 1.54) is 11.6 Å². The normalized spacial score (nSPS) is 10.3. The monoisotopic (exact) mass is 284 g/mol. The SMILES string of the molecule is O=C(O)c1cccc(CCCc2ccccc2)c1C(=O)O. The molecule has 0 radical (unpaired) electrons.